The van der Waals surface area contributed by atoms with Gasteiger partial charge in [0, 0.05) is 20.1 Å². The number of para-hydroxylation sites is 2. The third-order valence-electron chi connectivity index (χ3n) is 3.72. The molecule has 1 aromatic heterocycles. The first kappa shape index (κ1) is 11.5. The Kier molecular flexibility index (Phi) is 2.55. The summed E-state index contributed by atoms with van der Waals surface area (Å²) in [7, 11) is 2.04. The lowest BCUT2D eigenvalue weighted by Gasteiger charge is -2.37. The van der Waals surface area contributed by atoms with Crippen LogP contribution in [0.1, 0.15) is 19.8 Å². The number of aliphatic hydroxyl groups is 1. The van der Waals surface area contributed by atoms with E-state index in [1.807, 2.05) is 32.2 Å². The molecule has 1 aromatic carbocycles. The summed E-state index contributed by atoms with van der Waals surface area (Å²) in [6.07, 6.45) is 1.88. The number of piperidine rings is 1. The first-order valence-electron chi connectivity index (χ1n) is 6.46. The van der Waals surface area contributed by atoms with Gasteiger partial charge in [-0.25, -0.2) is 4.98 Å². The van der Waals surface area contributed by atoms with Crippen LogP contribution in [0.4, 0.5) is 5.95 Å². The molecule has 3 rings (SSSR count). The fraction of sp³-hybridized carbons (Fsp3) is 0.500. The first-order valence-corrected chi connectivity index (χ1v) is 6.46. The average Bonchev–Trinajstić information content (AvgIpc) is 2.66. The second-order valence-corrected chi connectivity index (χ2v) is 5.48. The van der Waals surface area contributed by atoms with Gasteiger partial charge in [-0.3, -0.25) is 0 Å². The number of aryl methyl sites for hydroxylation is 1. The molecule has 0 spiro atoms. The molecule has 2 heterocycles. The number of rotatable bonds is 1. The van der Waals surface area contributed by atoms with Gasteiger partial charge in [-0.15, -0.1) is 0 Å². The van der Waals surface area contributed by atoms with Gasteiger partial charge in [0.25, 0.3) is 0 Å². The van der Waals surface area contributed by atoms with E-state index in [0.717, 1.165) is 36.4 Å². The summed E-state index contributed by atoms with van der Waals surface area (Å²) in [5.74, 6) is 0.955. The van der Waals surface area contributed by atoms with E-state index in [9.17, 15) is 5.11 Å². The Morgan fingerprint density at radius 2 is 2.11 bits per heavy atom. The van der Waals surface area contributed by atoms with Gasteiger partial charge in [0.15, 0.2) is 0 Å². The number of β-amino-alcohol motifs (C(OH)–C–C–N with tert-alkyl or cyclic N) is 1. The Morgan fingerprint density at radius 1 is 1.33 bits per heavy atom. The highest BCUT2D eigenvalue weighted by Crippen LogP contribution is 2.27. The lowest BCUT2D eigenvalue weighted by Crippen LogP contribution is -2.47. The summed E-state index contributed by atoms with van der Waals surface area (Å²) in [4.78, 5) is 6.86. The Labute approximate surface area is 107 Å². The van der Waals surface area contributed by atoms with Crippen LogP contribution in [0.2, 0.25) is 0 Å². The maximum atomic E-state index is 10.2. The average molecular weight is 245 g/mol. The van der Waals surface area contributed by atoms with Crippen LogP contribution in [0.5, 0.6) is 0 Å². The van der Waals surface area contributed by atoms with Gasteiger partial charge in [-0.1, -0.05) is 12.1 Å². The Bertz CT molecular complexity index is 573. The number of nitrogens with zero attached hydrogens (tertiary/aromatic N) is 3. The topological polar surface area (TPSA) is 41.3 Å². The Balaban J connectivity index is 2.01. The number of fused-ring (bicyclic) bond motifs is 1. The third kappa shape index (κ3) is 1.86. The summed E-state index contributed by atoms with van der Waals surface area (Å²) in [6, 6.07) is 8.14. The van der Waals surface area contributed by atoms with Gasteiger partial charge in [0.2, 0.25) is 5.95 Å². The van der Waals surface area contributed by atoms with Crippen LogP contribution in [-0.2, 0) is 7.05 Å². The zero-order valence-corrected chi connectivity index (χ0v) is 10.9. The van der Waals surface area contributed by atoms with E-state index in [-0.39, 0.29) is 0 Å². The van der Waals surface area contributed by atoms with Crippen LogP contribution in [-0.4, -0.2) is 33.3 Å². The van der Waals surface area contributed by atoms with Gasteiger partial charge < -0.3 is 14.6 Å². The predicted molar refractivity (Wildman–Crippen MR) is 72.8 cm³/mol. The number of aromatic nitrogens is 2. The van der Waals surface area contributed by atoms with Crippen molar-refractivity contribution in [2.24, 2.45) is 7.05 Å². The van der Waals surface area contributed by atoms with Gasteiger partial charge >= 0.3 is 0 Å². The van der Waals surface area contributed by atoms with E-state index in [1.54, 1.807) is 0 Å². The summed E-state index contributed by atoms with van der Waals surface area (Å²) in [5.41, 5.74) is 1.55. The highest BCUT2D eigenvalue weighted by Gasteiger charge is 2.30. The van der Waals surface area contributed by atoms with Crippen LogP contribution in [0, 0.1) is 0 Å². The maximum absolute atomic E-state index is 10.2. The molecule has 1 aliphatic heterocycles. The van der Waals surface area contributed by atoms with Crippen molar-refractivity contribution in [1.29, 1.82) is 0 Å². The monoisotopic (exact) mass is 245 g/mol. The van der Waals surface area contributed by atoms with E-state index in [4.69, 9.17) is 0 Å². The van der Waals surface area contributed by atoms with Crippen LogP contribution >= 0.6 is 0 Å². The Hall–Kier alpha value is -1.55. The largest absolute Gasteiger partial charge is 0.388 e. The molecule has 1 fully saturated rings. The first-order chi connectivity index (χ1) is 8.57. The molecular weight excluding hydrogens is 226 g/mol. The van der Waals surface area contributed by atoms with Crippen molar-refractivity contribution in [2.75, 3.05) is 18.0 Å². The third-order valence-corrected chi connectivity index (χ3v) is 3.72. The zero-order valence-electron chi connectivity index (χ0n) is 10.9. The summed E-state index contributed by atoms with van der Waals surface area (Å²) >= 11 is 0. The van der Waals surface area contributed by atoms with Gasteiger partial charge in [-0.05, 0) is 31.9 Å². The minimum absolute atomic E-state index is 0.601. The van der Waals surface area contributed by atoms with Crippen molar-refractivity contribution in [3.63, 3.8) is 0 Å². The molecule has 0 bridgehead atoms. The van der Waals surface area contributed by atoms with Gasteiger partial charge in [0.05, 0.1) is 16.6 Å². The van der Waals surface area contributed by atoms with E-state index in [0.29, 0.717) is 6.54 Å². The molecule has 18 heavy (non-hydrogen) atoms. The molecule has 0 amide bonds. The number of benzene rings is 1. The molecule has 1 N–H and O–H groups in total. The van der Waals surface area contributed by atoms with E-state index in [1.165, 1.54) is 0 Å². The molecule has 0 saturated carbocycles. The Morgan fingerprint density at radius 3 is 2.83 bits per heavy atom. The predicted octanol–water partition coefficient (Wildman–Crippen LogP) is 1.92. The smallest absolute Gasteiger partial charge is 0.206 e. The van der Waals surface area contributed by atoms with E-state index >= 15 is 0 Å². The number of imidazole rings is 1. The molecule has 0 aliphatic carbocycles. The summed E-state index contributed by atoms with van der Waals surface area (Å²) in [5, 5.41) is 10.2. The molecular formula is C14H19N3O. The van der Waals surface area contributed by atoms with Gasteiger partial charge in [0.1, 0.15) is 0 Å². The molecule has 4 nitrogen and oxygen atoms in total. The molecule has 96 valence electrons. The minimum atomic E-state index is -0.601. The van der Waals surface area contributed by atoms with Crippen LogP contribution in [0.3, 0.4) is 0 Å². The molecule has 0 radical (unpaired) electrons. The molecule has 1 unspecified atom stereocenters. The highest BCUT2D eigenvalue weighted by atomic mass is 16.3. The minimum Gasteiger partial charge on any atom is -0.388 e. The van der Waals surface area contributed by atoms with E-state index < -0.39 is 5.60 Å². The quantitative estimate of drug-likeness (QED) is 0.834. The lowest BCUT2D eigenvalue weighted by molar-refractivity contribution is 0.0443. The lowest BCUT2D eigenvalue weighted by atomic mass is 9.95. The summed E-state index contributed by atoms with van der Waals surface area (Å²) < 4.78 is 2.11. The number of anilines is 1. The maximum Gasteiger partial charge on any atom is 0.206 e. The fourth-order valence-corrected chi connectivity index (χ4v) is 2.81. The van der Waals surface area contributed by atoms with Crippen molar-refractivity contribution < 1.29 is 5.11 Å². The van der Waals surface area contributed by atoms with Crippen LogP contribution in [0.25, 0.3) is 11.0 Å². The molecule has 4 heteroatoms. The standard InChI is InChI=1S/C14H19N3O/c1-14(18)8-5-9-17(10-14)13-15-11-6-3-4-7-12(11)16(13)2/h3-4,6-7,18H,5,8-10H2,1-2H3. The molecule has 1 saturated heterocycles. The number of hydrogen-bond acceptors (Lipinski definition) is 3. The summed E-state index contributed by atoms with van der Waals surface area (Å²) in [6.45, 7) is 3.53. The van der Waals surface area contributed by atoms with Crippen molar-refractivity contribution in [3.05, 3.63) is 24.3 Å². The second kappa shape index (κ2) is 3.99. The fourth-order valence-electron chi connectivity index (χ4n) is 2.81. The van der Waals surface area contributed by atoms with Crippen molar-refractivity contribution >= 4 is 17.0 Å². The number of hydrogen-bond donors (Lipinski definition) is 1. The molecule has 2 aromatic rings. The van der Waals surface area contributed by atoms with Gasteiger partial charge in [-0.2, -0.15) is 0 Å². The second-order valence-electron chi connectivity index (χ2n) is 5.48. The van der Waals surface area contributed by atoms with Crippen LogP contribution < -0.4 is 4.90 Å². The molecule has 1 atom stereocenters. The van der Waals surface area contributed by atoms with Crippen molar-refractivity contribution in [1.82, 2.24) is 9.55 Å². The highest BCUT2D eigenvalue weighted by molar-refractivity contribution is 5.78. The van der Waals surface area contributed by atoms with Crippen molar-refractivity contribution in [3.8, 4) is 0 Å². The van der Waals surface area contributed by atoms with Crippen molar-refractivity contribution in [2.45, 2.75) is 25.4 Å². The van der Waals surface area contributed by atoms with Crippen LogP contribution in [0.15, 0.2) is 24.3 Å². The zero-order chi connectivity index (χ0) is 12.8. The molecule has 1 aliphatic rings. The SMILES string of the molecule is Cn1c(N2CCCC(C)(O)C2)nc2ccccc21. The van der Waals surface area contributed by atoms with E-state index in [2.05, 4.69) is 20.5 Å². The normalized spacial score (nSPS) is 24.7.